The highest BCUT2D eigenvalue weighted by Crippen LogP contribution is 2.68. The van der Waals surface area contributed by atoms with Gasteiger partial charge in [0, 0.05) is 17.5 Å². The van der Waals surface area contributed by atoms with Crippen LogP contribution in [0.25, 0.3) is 11.3 Å². The molecule has 24 heavy (non-hydrogen) atoms. The molecule has 0 radical (unpaired) electrons. The number of hydrogen-bond acceptors (Lipinski definition) is 3. The van der Waals surface area contributed by atoms with Crippen LogP contribution in [-0.2, 0) is 4.79 Å². The summed E-state index contributed by atoms with van der Waals surface area (Å²) in [6.45, 7) is 8.24. The number of halogens is 2. The molecule has 0 saturated heterocycles. The lowest BCUT2D eigenvalue weighted by atomic mass is 10.0. The third-order valence-corrected chi connectivity index (χ3v) is 5.34. The Labute approximate surface area is 139 Å². The molecule has 0 aliphatic heterocycles. The van der Waals surface area contributed by atoms with Crippen LogP contribution >= 0.6 is 0 Å². The van der Waals surface area contributed by atoms with Gasteiger partial charge < -0.3 is 5.32 Å². The van der Waals surface area contributed by atoms with Crippen LogP contribution in [0.15, 0.2) is 30.6 Å². The van der Waals surface area contributed by atoms with E-state index in [4.69, 9.17) is 0 Å². The molecule has 0 spiro atoms. The Morgan fingerprint density at radius 3 is 2.04 bits per heavy atom. The molecule has 6 heteroatoms. The van der Waals surface area contributed by atoms with Gasteiger partial charge in [0.1, 0.15) is 11.6 Å². The molecule has 0 unspecified atom stereocenters. The number of carbonyl (C=O) groups is 1. The molecule has 1 saturated carbocycles. The fourth-order valence-corrected chi connectivity index (χ4v) is 3.29. The average molecular weight is 331 g/mol. The van der Waals surface area contributed by atoms with Crippen molar-refractivity contribution in [3.8, 4) is 11.3 Å². The second-order valence-electron chi connectivity index (χ2n) is 7.31. The molecular weight excluding hydrogens is 312 g/mol. The number of nitrogens with one attached hydrogen (secondary N) is 1. The standard InChI is InChI=1S/C18H19F2N3O/c1-17(2)15(18(17,3)4)16(24)23-14-9-21-13(8-22-14)10-5-11(19)7-12(20)6-10/h5-9,15H,1-4H3,(H,22,23,24). The van der Waals surface area contributed by atoms with Crippen molar-refractivity contribution in [2.24, 2.45) is 16.7 Å². The monoisotopic (exact) mass is 331 g/mol. The van der Waals surface area contributed by atoms with Crippen molar-refractivity contribution in [2.45, 2.75) is 27.7 Å². The second kappa shape index (κ2) is 5.33. The van der Waals surface area contributed by atoms with Crippen molar-refractivity contribution < 1.29 is 13.6 Å². The molecule has 0 bridgehead atoms. The quantitative estimate of drug-likeness (QED) is 0.923. The Hall–Kier alpha value is -2.37. The first-order valence-electron chi connectivity index (χ1n) is 7.72. The van der Waals surface area contributed by atoms with Gasteiger partial charge in [-0.05, 0) is 23.0 Å². The van der Waals surface area contributed by atoms with Crippen molar-refractivity contribution >= 4 is 11.7 Å². The van der Waals surface area contributed by atoms with Crippen molar-refractivity contribution in [3.63, 3.8) is 0 Å². The van der Waals surface area contributed by atoms with Crippen molar-refractivity contribution in [1.29, 1.82) is 0 Å². The van der Waals surface area contributed by atoms with Gasteiger partial charge in [0.25, 0.3) is 0 Å². The molecule has 1 fully saturated rings. The number of anilines is 1. The van der Waals surface area contributed by atoms with Gasteiger partial charge in [0.2, 0.25) is 5.91 Å². The van der Waals surface area contributed by atoms with E-state index in [2.05, 4.69) is 43.0 Å². The molecular formula is C18H19F2N3O. The molecule has 0 atom stereocenters. The van der Waals surface area contributed by atoms with Crippen LogP contribution in [0.1, 0.15) is 27.7 Å². The number of nitrogens with zero attached hydrogens (tertiary/aromatic N) is 2. The molecule has 1 aromatic heterocycles. The number of aromatic nitrogens is 2. The molecule has 2 aromatic rings. The van der Waals surface area contributed by atoms with Crippen LogP contribution in [0.5, 0.6) is 0 Å². The van der Waals surface area contributed by atoms with Gasteiger partial charge in [-0.3, -0.25) is 9.78 Å². The van der Waals surface area contributed by atoms with E-state index in [1.165, 1.54) is 24.5 Å². The highest BCUT2D eigenvalue weighted by atomic mass is 19.1. The van der Waals surface area contributed by atoms with Crippen LogP contribution in [-0.4, -0.2) is 15.9 Å². The van der Waals surface area contributed by atoms with Crippen molar-refractivity contribution in [3.05, 3.63) is 42.2 Å². The van der Waals surface area contributed by atoms with Crippen molar-refractivity contribution in [1.82, 2.24) is 9.97 Å². The predicted molar refractivity (Wildman–Crippen MR) is 87.1 cm³/mol. The second-order valence-corrected chi connectivity index (χ2v) is 7.31. The lowest BCUT2D eigenvalue weighted by Gasteiger charge is -2.06. The van der Waals surface area contributed by atoms with Gasteiger partial charge in [0.15, 0.2) is 5.82 Å². The molecule has 1 aliphatic rings. The van der Waals surface area contributed by atoms with Gasteiger partial charge in [-0.15, -0.1) is 0 Å². The minimum Gasteiger partial charge on any atom is -0.309 e. The average Bonchev–Trinajstić information content (AvgIpc) is 2.88. The van der Waals surface area contributed by atoms with E-state index in [0.29, 0.717) is 17.1 Å². The maximum Gasteiger partial charge on any atom is 0.229 e. The van der Waals surface area contributed by atoms with Crippen molar-refractivity contribution in [2.75, 3.05) is 5.32 Å². The molecule has 4 nitrogen and oxygen atoms in total. The molecule has 1 heterocycles. The van der Waals surface area contributed by atoms with Gasteiger partial charge in [0.05, 0.1) is 18.1 Å². The normalized spacial score (nSPS) is 18.2. The Kier molecular flexibility index (Phi) is 3.66. The summed E-state index contributed by atoms with van der Waals surface area (Å²) in [5.41, 5.74) is 0.494. The largest absolute Gasteiger partial charge is 0.309 e. The zero-order chi connectivity index (χ0) is 17.7. The van der Waals surface area contributed by atoms with Crippen LogP contribution in [0.3, 0.4) is 0 Å². The molecule has 126 valence electrons. The minimum atomic E-state index is -0.678. The highest BCUT2D eigenvalue weighted by molar-refractivity contribution is 5.95. The number of rotatable bonds is 3. The molecule has 1 aromatic carbocycles. The zero-order valence-corrected chi connectivity index (χ0v) is 14.0. The van der Waals surface area contributed by atoms with Crippen LogP contribution in [0, 0.1) is 28.4 Å². The summed E-state index contributed by atoms with van der Waals surface area (Å²) in [5.74, 6) is -1.23. The molecule has 1 N–H and O–H groups in total. The Morgan fingerprint density at radius 1 is 1.00 bits per heavy atom. The summed E-state index contributed by atoms with van der Waals surface area (Å²) in [5, 5.41) is 2.76. The van der Waals surface area contributed by atoms with E-state index >= 15 is 0 Å². The number of hydrogen-bond donors (Lipinski definition) is 1. The summed E-state index contributed by atoms with van der Waals surface area (Å²) in [6, 6.07) is 3.16. The topological polar surface area (TPSA) is 54.9 Å². The maximum atomic E-state index is 13.3. The first-order valence-corrected chi connectivity index (χ1v) is 7.72. The van der Waals surface area contributed by atoms with E-state index in [1.807, 2.05) is 0 Å². The summed E-state index contributed by atoms with van der Waals surface area (Å²) < 4.78 is 26.5. The number of amides is 1. The SMILES string of the molecule is CC1(C)C(C(=O)Nc2cnc(-c3cc(F)cc(F)c3)cn2)C1(C)C. The smallest absolute Gasteiger partial charge is 0.229 e. The molecule has 1 aliphatic carbocycles. The predicted octanol–water partition coefficient (Wildman–Crippen LogP) is 4.04. The fraction of sp³-hybridized carbons (Fsp3) is 0.389. The van der Waals surface area contributed by atoms with Crippen LogP contribution in [0.4, 0.5) is 14.6 Å². The third kappa shape index (κ3) is 2.66. The summed E-state index contributed by atoms with van der Waals surface area (Å²) in [4.78, 5) is 20.6. The maximum absolute atomic E-state index is 13.3. The third-order valence-electron chi connectivity index (χ3n) is 5.34. The van der Waals surface area contributed by atoms with Gasteiger partial charge >= 0.3 is 0 Å². The molecule has 1 amide bonds. The summed E-state index contributed by atoms with van der Waals surface area (Å²) >= 11 is 0. The Bertz CT molecular complexity index is 766. The van der Waals surface area contributed by atoms with E-state index in [9.17, 15) is 13.6 Å². The zero-order valence-electron chi connectivity index (χ0n) is 14.0. The van der Waals surface area contributed by atoms with E-state index in [1.54, 1.807) is 0 Å². The number of carbonyl (C=O) groups excluding carboxylic acids is 1. The minimum absolute atomic E-state index is 0.0659. The fourth-order valence-electron chi connectivity index (χ4n) is 3.29. The Balaban J connectivity index is 1.75. The van der Waals surface area contributed by atoms with Gasteiger partial charge in [-0.2, -0.15) is 0 Å². The number of benzene rings is 1. The Morgan fingerprint density at radius 2 is 1.58 bits per heavy atom. The lowest BCUT2D eigenvalue weighted by molar-refractivity contribution is -0.118. The summed E-state index contributed by atoms with van der Waals surface area (Å²) in [7, 11) is 0. The van der Waals surface area contributed by atoms with E-state index in [-0.39, 0.29) is 22.7 Å². The van der Waals surface area contributed by atoms with Crippen LogP contribution in [0.2, 0.25) is 0 Å². The molecule has 3 rings (SSSR count). The van der Waals surface area contributed by atoms with E-state index < -0.39 is 11.6 Å². The lowest BCUT2D eigenvalue weighted by Crippen LogP contribution is -2.18. The van der Waals surface area contributed by atoms with Gasteiger partial charge in [-0.1, -0.05) is 27.7 Å². The summed E-state index contributed by atoms with van der Waals surface area (Å²) in [6.07, 6.45) is 2.77. The highest BCUT2D eigenvalue weighted by Gasteiger charge is 2.68. The first kappa shape index (κ1) is 16.5. The van der Waals surface area contributed by atoms with Gasteiger partial charge in [-0.25, -0.2) is 13.8 Å². The van der Waals surface area contributed by atoms with Crippen LogP contribution < -0.4 is 5.32 Å². The van der Waals surface area contributed by atoms with E-state index in [0.717, 1.165) is 6.07 Å². The first-order chi connectivity index (χ1) is 11.1.